The summed E-state index contributed by atoms with van der Waals surface area (Å²) in [6.07, 6.45) is -3.38. The first-order chi connectivity index (χ1) is 22.3. The monoisotopic (exact) mass is 714 g/mol. The molecule has 2 saturated heterocycles. The van der Waals surface area contributed by atoms with E-state index in [9.17, 15) is 29.4 Å². The van der Waals surface area contributed by atoms with Crippen molar-refractivity contribution in [3.63, 3.8) is 0 Å². The number of anilines is 1. The van der Waals surface area contributed by atoms with Crippen LogP contribution >= 0.6 is 14.5 Å². The molecule has 2 aliphatic carbocycles. The summed E-state index contributed by atoms with van der Waals surface area (Å²) in [6, 6.07) is -0.729. The van der Waals surface area contributed by atoms with E-state index in [-0.39, 0.29) is 22.8 Å². The molecule has 7 N–H and O–H groups in total. The van der Waals surface area contributed by atoms with Gasteiger partial charge >= 0.3 is 14.5 Å². The van der Waals surface area contributed by atoms with Crippen molar-refractivity contribution in [1.29, 1.82) is 0 Å². The molecular formula is C23H28N10O11P2S. The molecule has 47 heavy (non-hydrogen) atoms. The van der Waals surface area contributed by atoms with Crippen LogP contribution in [0.2, 0.25) is 0 Å². The molecule has 252 valence electrons. The van der Waals surface area contributed by atoms with Crippen molar-refractivity contribution in [1.82, 2.24) is 44.5 Å². The van der Waals surface area contributed by atoms with E-state index < -0.39 is 93.9 Å². The predicted molar refractivity (Wildman–Crippen MR) is 158 cm³/mol. The summed E-state index contributed by atoms with van der Waals surface area (Å²) in [5.41, 5.74) is 4.79. The van der Waals surface area contributed by atoms with Crippen LogP contribution in [0.25, 0.3) is 22.3 Å². The average Bonchev–Trinajstić information content (AvgIpc) is 3.30. The molecule has 11 atom stereocenters. The Morgan fingerprint density at radius 1 is 1.19 bits per heavy atom. The number of nitrogen functional groups attached to an aromatic ring is 1. The van der Waals surface area contributed by atoms with Gasteiger partial charge in [0.2, 0.25) is 0 Å². The Bertz CT molecular complexity index is 2060. The van der Waals surface area contributed by atoms with E-state index in [1.807, 2.05) is 0 Å². The number of hydrogen-bond acceptors (Lipinski definition) is 17. The standard InChI is InChI=1S/C23H28N10O11P2S/c1-8-28-20-13(21(36)29-8)30-31-33(20)22-16-9(3-34)11(42-22)4-40-46(39,47)44-17-15(35)14(10-2-23(10,17)5-41-45(37,38)43-16)32-7-27-12-18(24)25-6-26-19(12)32/h6-7,9-11,14-17,22,34-35H,2-5H2,1H3,(H,37,38)(H,39,47)(H2,24,25,26)(H,28,29,36)/t9-,10-,11-,14-,15+,16-,17+,22-,23+,46?/m1/s1. The lowest BCUT2D eigenvalue weighted by atomic mass is 9.99. The molecule has 1 spiro atoms. The maximum atomic E-state index is 13.6. The van der Waals surface area contributed by atoms with Crippen molar-refractivity contribution >= 4 is 54.5 Å². The summed E-state index contributed by atoms with van der Waals surface area (Å²) in [5.74, 6) is -1.09. The molecule has 2 unspecified atom stereocenters. The number of aliphatic hydroxyl groups is 2. The van der Waals surface area contributed by atoms with E-state index in [1.165, 1.54) is 19.6 Å². The molecule has 24 heteroatoms. The number of hydrogen-bond donors (Lipinski definition) is 6. The number of aromatic amines is 1. The number of ether oxygens (including phenoxy) is 1. The second kappa shape index (κ2) is 10.8. The Morgan fingerprint density at radius 3 is 2.79 bits per heavy atom. The first-order valence-corrected chi connectivity index (χ1v) is 18.4. The fourth-order valence-electron chi connectivity index (χ4n) is 7.10. The number of rotatable bonds is 3. The highest BCUT2D eigenvalue weighted by Crippen LogP contribution is 2.72. The van der Waals surface area contributed by atoms with Crippen LogP contribution in [0.1, 0.15) is 24.5 Å². The van der Waals surface area contributed by atoms with Crippen molar-refractivity contribution in [2.24, 2.45) is 17.3 Å². The van der Waals surface area contributed by atoms with E-state index in [0.29, 0.717) is 17.6 Å². The Kier molecular flexibility index (Phi) is 7.24. The first-order valence-electron chi connectivity index (χ1n) is 14.3. The van der Waals surface area contributed by atoms with Crippen LogP contribution in [0.15, 0.2) is 17.4 Å². The molecule has 21 nitrogen and oxygen atoms in total. The Hall–Kier alpha value is -2.85. The van der Waals surface area contributed by atoms with Crippen LogP contribution < -0.4 is 11.3 Å². The first kappa shape index (κ1) is 31.4. The molecule has 2 aliphatic heterocycles. The minimum atomic E-state index is -4.96. The van der Waals surface area contributed by atoms with Crippen molar-refractivity contribution < 1.29 is 47.4 Å². The van der Waals surface area contributed by atoms with Gasteiger partial charge in [0.1, 0.15) is 36.0 Å². The SMILES string of the molecule is Cc1nc2c(nnn2[C@@H]2O[C@@H]3COP(O)(=S)O[C@H]4[C@@H](O)[C@H](n5cnc6c(N)ncnc65)[C@H]5C[C@]54COP(=O)(O)O[C@@H]2[C@@H]3CO)c(=O)[nH]1. The van der Waals surface area contributed by atoms with E-state index in [1.54, 1.807) is 4.57 Å². The number of nitrogens with two attached hydrogens (primary N) is 1. The molecule has 4 aromatic rings. The zero-order chi connectivity index (χ0) is 33.0. The molecule has 4 aliphatic rings. The molecule has 8 rings (SSSR count). The summed E-state index contributed by atoms with van der Waals surface area (Å²) in [5, 5.41) is 29.8. The number of imidazole rings is 1. The van der Waals surface area contributed by atoms with Crippen molar-refractivity contribution in [3.05, 3.63) is 28.8 Å². The number of H-pyrrole nitrogens is 1. The van der Waals surface area contributed by atoms with Crippen molar-refractivity contribution in [3.8, 4) is 0 Å². The highest BCUT2D eigenvalue weighted by Gasteiger charge is 2.74. The third-order valence-corrected chi connectivity index (χ3v) is 11.8. The summed E-state index contributed by atoms with van der Waals surface area (Å²) >= 11 is 5.36. The Labute approximate surface area is 267 Å². The quantitative estimate of drug-likeness (QED) is 0.136. The molecule has 0 radical (unpaired) electrons. The Balaban J connectivity index is 1.15. The minimum Gasteiger partial charge on any atom is -0.396 e. The van der Waals surface area contributed by atoms with Gasteiger partial charge in [0.25, 0.3) is 5.56 Å². The number of aryl methyl sites for hydroxylation is 1. The molecule has 6 heterocycles. The normalized spacial score (nSPS) is 40.4. The van der Waals surface area contributed by atoms with Crippen LogP contribution in [0.3, 0.4) is 0 Å². The van der Waals surface area contributed by atoms with E-state index in [2.05, 4.69) is 35.2 Å². The molecule has 0 aromatic carbocycles. The van der Waals surface area contributed by atoms with E-state index in [0.717, 1.165) is 4.68 Å². The highest BCUT2D eigenvalue weighted by molar-refractivity contribution is 8.07. The fraction of sp³-hybridized carbons (Fsp3) is 0.609. The van der Waals surface area contributed by atoms with Gasteiger partial charge in [0.15, 0.2) is 28.9 Å². The number of nitrogens with zero attached hydrogens (tertiary/aromatic N) is 8. The van der Waals surface area contributed by atoms with Gasteiger partial charge in [0.05, 0.1) is 38.3 Å². The molecule has 2 bridgehead atoms. The van der Waals surface area contributed by atoms with Gasteiger partial charge < -0.3 is 49.1 Å². The van der Waals surface area contributed by atoms with Crippen LogP contribution in [0, 0.1) is 24.2 Å². The topological polar surface area (TPSA) is 290 Å². The Morgan fingerprint density at radius 2 is 2.00 bits per heavy atom. The van der Waals surface area contributed by atoms with Gasteiger partial charge in [-0.05, 0) is 31.1 Å². The molecule has 4 aromatic heterocycles. The zero-order valence-electron chi connectivity index (χ0n) is 24.2. The lowest BCUT2D eigenvalue weighted by molar-refractivity contribution is -0.0658. The third-order valence-electron chi connectivity index (χ3n) is 9.33. The van der Waals surface area contributed by atoms with Crippen molar-refractivity contribution in [2.45, 2.75) is 50.0 Å². The minimum absolute atomic E-state index is 0.0129. The van der Waals surface area contributed by atoms with E-state index >= 15 is 0 Å². The largest absolute Gasteiger partial charge is 0.472 e. The maximum absolute atomic E-state index is 13.6. The van der Waals surface area contributed by atoms with Gasteiger partial charge in [-0.15, -0.1) is 5.10 Å². The van der Waals surface area contributed by atoms with Crippen LogP contribution in [-0.4, -0.2) is 109 Å². The summed E-state index contributed by atoms with van der Waals surface area (Å²) in [6.45, 7) is -4.16. The van der Waals surface area contributed by atoms with E-state index in [4.69, 9.17) is 40.4 Å². The highest BCUT2D eigenvalue weighted by atomic mass is 32.5. The number of aliphatic hydroxyl groups excluding tert-OH is 2. The predicted octanol–water partition coefficient (Wildman–Crippen LogP) is -1.19. The second-order valence-electron chi connectivity index (χ2n) is 12.0. The van der Waals surface area contributed by atoms with Gasteiger partial charge in [-0.25, -0.2) is 24.5 Å². The maximum Gasteiger partial charge on any atom is 0.472 e. The lowest BCUT2D eigenvalue weighted by Crippen LogP contribution is -2.38. The third kappa shape index (κ3) is 4.98. The number of fused-ring (bicyclic) bond motifs is 4. The summed E-state index contributed by atoms with van der Waals surface area (Å²) in [7, 11) is -4.96. The fourth-order valence-corrected chi connectivity index (χ4v) is 9.61. The summed E-state index contributed by atoms with van der Waals surface area (Å²) in [4.78, 5) is 54.0. The van der Waals surface area contributed by atoms with Gasteiger partial charge in [-0.3, -0.25) is 13.8 Å². The zero-order valence-corrected chi connectivity index (χ0v) is 26.8. The van der Waals surface area contributed by atoms with Gasteiger partial charge in [0, 0.05) is 11.3 Å². The number of aromatic nitrogens is 9. The molecule has 4 fully saturated rings. The number of phosphoric acid groups is 1. The van der Waals surface area contributed by atoms with Crippen LogP contribution in [0.4, 0.5) is 5.82 Å². The van der Waals surface area contributed by atoms with Crippen LogP contribution in [-0.2, 0) is 39.2 Å². The van der Waals surface area contributed by atoms with Crippen molar-refractivity contribution in [2.75, 3.05) is 25.6 Å². The second-order valence-corrected chi connectivity index (χ2v) is 16.2. The molecular weight excluding hydrogens is 686 g/mol. The smallest absolute Gasteiger partial charge is 0.396 e. The molecule has 2 saturated carbocycles. The van der Waals surface area contributed by atoms with Gasteiger partial charge in [-0.1, -0.05) is 5.21 Å². The molecule has 0 amide bonds. The lowest BCUT2D eigenvalue weighted by Gasteiger charge is -2.31. The van der Waals surface area contributed by atoms with Gasteiger partial charge in [-0.2, -0.15) is 4.68 Å². The number of phosphoric ester groups is 1. The number of nitrogens with one attached hydrogen (secondary N) is 1. The average molecular weight is 715 g/mol. The van der Waals surface area contributed by atoms with Crippen LogP contribution in [0.5, 0.6) is 0 Å². The summed E-state index contributed by atoms with van der Waals surface area (Å²) < 4.78 is 45.2.